The molecule has 0 radical (unpaired) electrons. The summed E-state index contributed by atoms with van der Waals surface area (Å²) >= 11 is 0. The molecule has 0 aromatic carbocycles. The number of ether oxygens (including phenoxy) is 1. The zero-order valence-electron chi connectivity index (χ0n) is 5.82. The molecular formula is C5H10N2O4. The molecular weight excluding hydrogens is 152 g/mol. The standard InChI is InChI=1S/C5H6O4.H4N2/c6-4(7)5(8)9-3-1-2-3;1-2/h3H,1-2H2,(H,6,7);1-2H2. The van der Waals surface area contributed by atoms with Crippen LogP contribution in [0.15, 0.2) is 0 Å². The number of aliphatic carboxylic acids is 1. The van der Waals surface area contributed by atoms with Crippen LogP contribution in [0.1, 0.15) is 12.8 Å². The van der Waals surface area contributed by atoms with Gasteiger partial charge in [-0.15, -0.1) is 0 Å². The van der Waals surface area contributed by atoms with E-state index < -0.39 is 11.9 Å². The van der Waals surface area contributed by atoms with Gasteiger partial charge in [-0.2, -0.15) is 0 Å². The van der Waals surface area contributed by atoms with Crippen LogP contribution >= 0.6 is 0 Å². The highest BCUT2D eigenvalue weighted by Gasteiger charge is 2.28. The summed E-state index contributed by atoms with van der Waals surface area (Å²) in [5.41, 5.74) is 0. The van der Waals surface area contributed by atoms with Crippen LogP contribution in [0.3, 0.4) is 0 Å². The number of hydrazine groups is 1. The number of hydrogen-bond acceptors (Lipinski definition) is 5. The van der Waals surface area contributed by atoms with Crippen molar-refractivity contribution in [3.05, 3.63) is 0 Å². The molecule has 0 aromatic heterocycles. The molecule has 6 heteroatoms. The predicted molar refractivity (Wildman–Crippen MR) is 35.1 cm³/mol. The predicted octanol–water partition coefficient (Wildman–Crippen LogP) is -1.40. The topological polar surface area (TPSA) is 116 Å². The fourth-order valence-electron chi connectivity index (χ4n) is 0.388. The SMILES string of the molecule is NN.O=C(O)C(=O)OC1CC1. The highest BCUT2D eigenvalue weighted by molar-refractivity contribution is 6.28. The maximum Gasteiger partial charge on any atom is 0.417 e. The van der Waals surface area contributed by atoms with Gasteiger partial charge in [0.25, 0.3) is 0 Å². The van der Waals surface area contributed by atoms with Crippen molar-refractivity contribution >= 4 is 11.9 Å². The number of hydrogen-bond donors (Lipinski definition) is 3. The van der Waals surface area contributed by atoms with Crippen molar-refractivity contribution in [1.29, 1.82) is 0 Å². The monoisotopic (exact) mass is 162 g/mol. The summed E-state index contributed by atoms with van der Waals surface area (Å²) in [4.78, 5) is 20.0. The van der Waals surface area contributed by atoms with E-state index in [-0.39, 0.29) is 6.10 Å². The molecule has 0 atom stereocenters. The van der Waals surface area contributed by atoms with Gasteiger partial charge >= 0.3 is 11.9 Å². The van der Waals surface area contributed by atoms with Gasteiger partial charge in [0.05, 0.1) is 0 Å². The Labute approximate surface area is 63.1 Å². The third kappa shape index (κ3) is 4.29. The number of carbonyl (C=O) groups is 2. The van der Waals surface area contributed by atoms with Gasteiger partial charge in [0.15, 0.2) is 0 Å². The van der Waals surface area contributed by atoms with E-state index in [1.165, 1.54) is 0 Å². The van der Waals surface area contributed by atoms with E-state index in [1.54, 1.807) is 0 Å². The average Bonchev–Trinajstić information content (AvgIpc) is 2.76. The van der Waals surface area contributed by atoms with E-state index in [4.69, 9.17) is 5.11 Å². The largest absolute Gasteiger partial charge is 0.473 e. The van der Waals surface area contributed by atoms with Crippen molar-refractivity contribution in [3.8, 4) is 0 Å². The maximum absolute atomic E-state index is 10.2. The molecule has 1 aliphatic rings. The highest BCUT2D eigenvalue weighted by atomic mass is 16.6. The lowest BCUT2D eigenvalue weighted by molar-refractivity contribution is -0.164. The first-order valence-corrected chi connectivity index (χ1v) is 2.97. The van der Waals surface area contributed by atoms with Crippen LogP contribution in [0.25, 0.3) is 0 Å². The molecule has 0 spiro atoms. The van der Waals surface area contributed by atoms with Crippen molar-refractivity contribution in [2.24, 2.45) is 11.7 Å². The normalized spacial score (nSPS) is 14.4. The molecule has 5 N–H and O–H groups in total. The van der Waals surface area contributed by atoms with Crippen LogP contribution in [-0.2, 0) is 14.3 Å². The molecule has 1 aliphatic carbocycles. The summed E-state index contributed by atoms with van der Waals surface area (Å²) in [6.45, 7) is 0. The third-order valence-electron chi connectivity index (χ3n) is 0.973. The van der Waals surface area contributed by atoms with E-state index in [9.17, 15) is 9.59 Å². The quantitative estimate of drug-likeness (QED) is 0.189. The summed E-state index contributed by atoms with van der Waals surface area (Å²) in [7, 11) is 0. The van der Waals surface area contributed by atoms with Gasteiger partial charge in [-0.3, -0.25) is 11.7 Å². The summed E-state index contributed by atoms with van der Waals surface area (Å²) in [5, 5.41) is 7.98. The van der Waals surface area contributed by atoms with E-state index in [0.717, 1.165) is 12.8 Å². The maximum atomic E-state index is 10.2. The zero-order chi connectivity index (χ0) is 8.85. The second-order valence-corrected chi connectivity index (χ2v) is 1.91. The lowest BCUT2D eigenvalue weighted by atomic mass is 10.7. The Bertz CT molecular complexity index is 155. The van der Waals surface area contributed by atoms with Crippen molar-refractivity contribution in [2.45, 2.75) is 18.9 Å². The summed E-state index contributed by atoms with van der Waals surface area (Å²) in [6, 6.07) is 0. The van der Waals surface area contributed by atoms with E-state index in [2.05, 4.69) is 16.4 Å². The molecule has 1 fully saturated rings. The van der Waals surface area contributed by atoms with E-state index in [0.29, 0.717) is 0 Å². The van der Waals surface area contributed by atoms with Crippen molar-refractivity contribution in [1.82, 2.24) is 0 Å². The molecule has 0 bridgehead atoms. The number of rotatable bonds is 1. The van der Waals surface area contributed by atoms with Crippen LogP contribution in [0, 0.1) is 0 Å². The van der Waals surface area contributed by atoms with Crippen LogP contribution < -0.4 is 11.7 Å². The lowest BCUT2D eigenvalue weighted by Crippen LogP contribution is -2.16. The van der Waals surface area contributed by atoms with Gasteiger partial charge in [0.2, 0.25) is 0 Å². The van der Waals surface area contributed by atoms with Crippen LogP contribution in [-0.4, -0.2) is 23.1 Å². The second-order valence-electron chi connectivity index (χ2n) is 1.91. The first-order valence-electron chi connectivity index (χ1n) is 2.97. The molecule has 0 heterocycles. The van der Waals surface area contributed by atoms with Crippen LogP contribution in [0.2, 0.25) is 0 Å². The Morgan fingerprint density at radius 3 is 2.09 bits per heavy atom. The molecule has 6 nitrogen and oxygen atoms in total. The van der Waals surface area contributed by atoms with Gasteiger partial charge in [0, 0.05) is 0 Å². The second kappa shape index (κ2) is 4.64. The highest BCUT2D eigenvalue weighted by Crippen LogP contribution is 2.23. The van der Waals surface area contributed by atoms with Crippen LogP contribution in [0.5, 0.6) is 0 Å². The first-order chi connectivity index (χ1) is 5.20. The molecule has 11 heavy (non-hydrogen) atoms. The van der Waals surface area contributed by atoms with Gasteiger partial charge in [0.1, 0.15) is 6.10 Å². The zero-order valence-corrected chi connectivity index (χ0v) is 5.82. The first kappa shape index (κ1) is 9.86. The average molecular weight is 162 g/mol. The van der Waals surface area contributed by atoms with E-state index in [1.807, 2.05) is 0 Å². The summed E-state index contributed by atoms with van der Waals surface area (Å²) in [5.74, 6) is 5.35. The summed E-state index contributed by atoms with van der Waals surface area (Å²) in [6.07, 6.45) is 1.49. The minimum absolute atomic E-state index is 0.117. The molecule has 0 amide bonds. The smallest absolute Gasteiger partial charge is 0.417 e. The van der Waals surface area contributed by atoms with Crippen molar-refractivity contribution in [3.63, 3.8) is 0 Å². The Balaban J connectivity index is 0.000000461. The number of nitrogens with two attached hydrogens (primary N) is 2. The number of carboxylic acids is 1. The number of carbonyl (C=O) groups excluding carboxylic acids is 1. The lowest BCUT2D eigenvalue weighted by Gasteiger charge is -1.94. The minimum Gasteiger partial charge on any atom is -0.473 e. The molecule has 1 rings (SSSR count). The Hall–Kier alpha value is -1.14. The number of carboxylic acid groups (broad SMARTS) is 1. The van der Waals surface area contributed by atoms with Gasteiger partial charge in [-0.25, -0.2) is 9.59 Å². The number of esters is 1. The molecule has 0 aromatic rings. The fraction of sp³-hybridized carbons (Fsp3) is 0.600. The molecule has 1 saturated carbocycles. The summed E-state index contributed by atoms with van der Waals surface area (Å²) < 4.78 is 4.38. The van der Waals surface area contributed by atoms with Gasteiger partial charge in [-0.1, -0.05) is 0 Å². The van der Waals surface area contributed by atoms with E-state index >= 15 is 0 Å². The van der Waals surface area contributed by atoms with Crippen molar-refractivity contribution in [2.75, 3.05) is 0 Å². The molecule has 64 valence electrons. The Kier molecular flexibility index (Phi) is 4.16. The fourth-order valence-corrected chi connectivity index (χ4v) is 0.388. The van der Waals surface area contributed by atoms with Gasteiger partial charge < -0.3 is 9.84 Å². The third-order valence-corrected chi connectivity index (χ3v) is 0.973. The van der Waals surface area contributed by atoms with Crippen LogP contribution in [0.4, 0.5) is 0 Å². The Morgan fingerprint density at radius 1 is 1.36 bits per heavy atom. The molecule has 0 saturated heterocycles. The Morgan fingerprint density at radius 2 is 1.82 bits per heavy atom. The minimum atomic E-state index is -1.51. The molecule has 0 aliphatic heterocycles. The van der Waals surface area contributed by atoms with Crippen molar-refractivity contribution < 1.29 is 19.4 Å². The van der Waals surface area contributed by atoms with Gasteiger partial charge in [-0.05, 0) is 12.8 Å². The molecule has 0 unspecified atom stereocenters.